The number of alkyl halides is 2. The summed E-state index contributed by atoms with van der Waals surface area (Å²) in [6.07, 6.45) is 3.16. The Labute approximate surface area is 158 Å². The predicted octanol–water partition coefficient (Wildman–Crippen LogP) is 2.02. The van der Waals surface area contributed by atoms with Crippen LogP contribution in [0.2, 0.25) is 0 Å². The zero-order chi connectivity index (χ0) is 20.0. The van der Waals surface area contributed by atoms with Crippen molar-refractivity contribution in [2.45, 2.75) is 39.0 Å². The van der Waals surface area contributed by atoms with E-state index in [-0.39, 0.29) is 18.1 Å². The number of piperidine rings is 1. The smallest absolute Gasteiger partial charge is 0.277 e. The van der Waals surface area contributed by atoms with Crippen molar-refractivity contribution in [3.63, 3.8) is 0 Å². The summed E-state index contributed by atoms with van der Waals surface area (Å²) < 4.78 is 32.1. The number of hydrogen-bond donors (Lipinski definition) is 2. The molecule has 1 heterocycles. The Morgan fingerprint density at radius 3 is 2.33 bits per heavy atom. The molecule has 1 saturated heterocycles. The van der Waals surface area contributed by atoms with Gasteiger partial charge in [-0.15, -0.1) is 0 Å². The third-order valence-corrected chi connectivity index (χ3v) is 4.58. The van der Waals surface area contributed by atoms with E-state index >= 15 is 0 Å². The summed E-state index contributed by atoms with van der Waals surface area (Å²) in [4.78, 5) is 26.1. The summed E-state index contributed by atoms with van der Waals surface area (Å²) >= 11 is 0. The molecule has 0 spiro atoms. The molecule has 2 rings (SSSR count). The maximum atomic E-state index is 13.2. The number of ether oxygens (including phenoxy) is 1. The molecule has 6 nitrogen and oxygen atoms in total. The summed E-state index contributed by atoms with van der Waals surface area (Å²) in [7, 11) is 0. The van der Waals surface area contributed by atoms with E-state index in [9.17, 15) is 18.4 Å². The molecule has 1 aromatic carbocycles. The van der Waals surface area contributed by atoms with Crippen LogP contribution in [0, 0.1) is 13.8 Å². The third kappa shape index (κ3) is 5.89. The summed E-state index contributed by atoms with van der Waals surface area (Å²) in [5.41, 5.74) is 6.55. The highest BCUT2D eigenvalue weighted by Crippen LogP contribution is 2.25. The average molecular weight is 383 g/mol. The fraction of sp³-hybridized carbons (Fsp3) is 0.579. The number of likely N-dealkylation sites (tertiary alicyclic amines) is 1. The SMILES string of the molecule is Cc1cc(C(=O)NCC(F)(F)CN)cc(C)c1OCC(=O)N1CCCCC1. The zero-order valence-corrected chi connectivity index (χ0v) is 15.8. The van der Waals surface area contributed by atoms with E-state index in [1.54, 1.807) is 30.9 Å². The van der Waals surface area contributed by atoms with Crippen molar-refractivity contribution < 1.29 is 23.1 Å². The van der Waals surface area contributed by atoms with Crippen LogP contribution in [0.3, 0.4) is 0 Å². The number of aryl methyl sites for hydroxylation is 2. The van der Waals surface area contributed by atoms with Crippen molar-refractivity contribution >= 4 is 11.8 Å². The maximum absolute atomic E-state index is 13.2. The zero-order valence-electron chi connectivity index (χ0n) is 15.8. The minimum atomic E-state index is -3.14. The molecule has 0 atom stereocenters. The van der Waals surface area contributed by atoms with Gasteiger partial charge in [0.25, 0.3) is 17.7 Å². The fourth-order valence-corrected chi connectivity index (χ4v) is 3.06. The molecule has 0 unspecified atom stereocenters. The lowest BCUT2D eigenvalue weighted by Gasteiger charge is -2.27. The maximum Gasteiger partial charge on any atom is 0.277 e. The summed E-state index contributed by atoms with van der Waals surface area (Å²) in [5.74, 6) is -3.27. The van der Waals surface area contributed by atoms with Crippen molar-refractivity contribution in [1.29, 1.82) is 0 Å². The quantitative estimate of drug-likeness (QED) is 0.754. The van der Waals surface area contributed by atoms with Crippen molar-refractivity contribution in [2.75, 3.05) is 32.8 Å². The van der Waals surface area contributed by atoms with Gasteiger partial charge >= 0.3 is 0 Å². The van der Waals surface area contributed by atoms with Crippen molar-refractivity contribution in [3.8, 4) is 5.75 Å². The number of rotatable bonds is 7. The molecule has 1 aromatic rings. The number of hydrogen-bond acceptors (Lipinski definition) is 4. The molecule has 27 heavy (non-hydrogen) atoms. The Kier molecular flexibility index (Phi) is 7.12. The second-order valence-corrected chi connectivity index (χ2v) is 6.91. The molecular formula is C19H27F2N3O3. The van der Waals surface area contributed by atoms with Crippen LogP contribution in [-0.4, -0.2) is 55.4 Å². The summed E-state index contributed by atoms with van der Waals surface area (Å²) in [6, 6.07) is 3.12. The first-order valence-electron chi connectivity index (χ1n) is 9.11. The Bertz CT molecular complexity index is 666. The average Bonchev–Trinajstić information content (AvgIpc) is 2.65. The van der Waals surface area contributed by atoms with Gasteiger partial charge in [0.1, 0.15) is 5.75 Å². The standard InChI is InChI=1S/C19H27F2N3O3/c1-13-8-15(18(26)23-12-19(20,21)11-22)9-14(2)17(13)27-10-16(25)24-6-4-3-5-7-24/h8-9H,3-7,10-12,22H2,1-2H3,(H,23,26). The van der Waals surface area contributed by atoms with Crippen molar-refractivity contribution in [3.05, 3.63) is 28.8 Å². The Morgan fingerprint density at radius 2 is 1.78 bits per heavy atom. The van der Waals surface area contributed by atoms with Crippen LogP contribution >= 0.6 is 0 Å². The van der Waals surface area contributed by atoms with Crippen molar-refractivity contribution in [2.24, 2.45) is 5.73 Å². The molecule has 0 saturated carbocycles. The van der Waals surface area contributed by atoms with E-state index < -0.39 is 24.9 Å². The minimum Gasteiger partial charge on any atom is -0.483 e. The van der Waals surface area contributed by atoms with Gasteiger partial charge in [-0.1, -0.05) is 0 Å². The van der Waals surface area contributed by atoms with Gasteiger partial charge in [0.05, 0.1) is 13.1 Å². The van der Waals surface area contributed by atoms with Gasteiger partial charge in [-0.3, -0.25) is 9.59 Å². The lowest BCUT2D eigenvalue weighted by molar-refractivity contribution is -0.134. The molecule has 0 aromatic heterocycles. The van der Waals surface area contributed by atoms with Gasteiger partial charge in [0.2, 0.25) is 0 Å². The highest BCUT2D eigenvalue weighted by Gasteiger charge is 2.27. The number of carbonyl (C=O) groups is 2. The summed E-state index contributed by atoms with van der Waals surface area (Å²) in [6.45, 7) is 3.31. The summed E-state index contributed by atoms with van der Waals surface area (Å²) in [5, 5.41) is 2.19. The number of amides is 2. The first-order valence-corrected chi connectivity index (χ1v) is 9.11. The van der Waals surface area contributed by atoms with Crippen LogP contribution in [0.15, 0.2) is 12.1 Å². The highest BCUT2D eigenvalue weighted by molar-refractivity contribution is 5.95. The molecule has 1 fully saturated rings. The van der Waals surface area contributed by atoms with E-state index in [1.807, 2.05) is 0 Å². The van der Waals surface area contributed by atoms with E-state index in [0.29, 0.717) is 16.9 Å². The molecule has 2 amide bonds. The Hall–Kier alpha value is -2.22. The number of carbonyl (C=O) groups excluding carboxylic acids is 2. The van der Waals surface area contributed by atoms with Gasteiger partial charge in [-0.05, 0) is 56.4 Å². The van der Waals surface area contributed by atoms with E-state index in [1.165, 1.54) is 0 Å². The molecule has 0 radical (unpaired) electrons. The van der Waals surface area contributed by atoms with Crippen LogP contribution in [0.5, 0.6) is 5.75 Å². The van der Waals surface area contributed by atoms with E-state index in [0.717, 1.165) is 32.4 Å². The van der Waals surface area contributed by atoms with Crippen LogP contribution in [-0.2, 0) is 4.79 Å². The normalized spacial score (nSPS) is 14.8. The van der Waals surface area contributed by atoms with Gasteiger partial charge in [-0.2, -0.15) is 0 Å². The molecule has 0 aliphatic carbocycles. The third-order valence-electron chi connectivity index (χ3n) is 4.58. The largest absolute Gasteiger partial charge is 0.483 e. The topological polar surface area (TPSA) is 84.7 Å². The van der Waals surface area contributed by atoms with Crippen LogP contribution in [0.1, 0.15) is 40.7 Å². The molecule has 8 heteroatoms. The van der Waals surface area contributed by atoms with Crippen LogP contribution in [0.4, 0.5) is 8.78 Å². The second kappa shape index (κ2) is 9.12. The lowest BCUT2D eigenvalue weighted by Crippen LogP contribution is -2.41. The molecule has 0 bridgehead atoms. The van der Waals surface area contributed by atoms with E-state index in [4.69, 9.17) is 10.5 Å². The molecular weight excluding hydrogens is 356 g/mol. The van der Waals surface area contributed by atoms with Crippen molar-refractivity contribution in [1.82, 2.24) is 10.2 Å². The highest BCUT2D eigenvalue weighted by atomic mass is 19.3. The molecule has 3 N–H and O–H groups in total. The van der Waals surface area contributed by atoms with Crippen LogP contribution in [0.25, 0.3) is 0 Å². The number of nitrogens with two attached hydrogens (primary N) is 1. The first kappa shape index (κ1) is 21.1. The number of nitrogens with zero attached hydrogens (tertiary/aromatic N) is 1. The number of halogens is 2. The molecule has 150 valence electrons. The van der Waals surface area contributed by atoms with Gasteiger partial charge < -0.3 is 20.7 Å². The van der Waals surface area contributed by atoms with Crippen LogP contribution < -0.4 is 15.8 Å². The number of benzene rings is 1. The monoisotopic (exact) mass is 383 g/mol. The number of nitrogens with one attached hydrogen (secondary N) is 1. The Balaban J connectivity index is 1.99. The second-order valence-electron chi connectivity index (χ2n) is 6.91. The Morgan fingerprint density at radius 1 is 1.19 bits per heavy atom. The lowest BCUT2D eigenvalue weighted by atomic mass is 10.0. The fourth-order valence-electron chi connectivity index (χ4n) is 3.06. The molecule has 1 aliphatic heterocycles. The van der Waals surface area contributed by atoms with Gasteiger partial charge in [0.15, 0.2) is 6.61 Å². The minimum absolute atomic E-state index is 0.0562. The predicted molar refractivity (Wildman–Crippen MR) is 98.2 cm³/mol. The first-order chi connectivity index (χ1) is 12.7. The van der Waals surface area contributed by atoms with Gasteiger partial charge in [-0.25, -0.2) is 8.78 Å². The van der Waals surface area contributed by atoms with E-state index in [2.05, 4.69) is 5.32 Å². The van der Waals surface area contributed by atoms with Gasteiger partial charge in [0, 0.05) is 18.7 Å². The molecule has 1 aliphatic rings.